The molecule has 92 valence electrons. The fourth-order valence-corrected chi connectivity index (χ4v) is 2.42. The van der Waals surface area contributed by atoms with Crippen molar-refractivity contribution >= 4 is 11.6 Å². The Morgan fingerprint density at radius 1 is 1.24 bits per heavy atom. The van der Waals surface area contributed by atoms with Gasteiger partial charge in [-0.15, -0.1) is 0 Å². The molecule has 2 N–H and O–H groups in total. The summed E-state index contributed by atoms with van der Waals surface area (Å²) in [4.78, 5) is 8.35. The molecule has 2 unspecified atom stereocenters. The number of hydrogen-bond donors (Lipinski definition) is 2. The maximum atomic E-state index is 5.80. The predicted octanol–water partition coefficient (Wildman–Crippen LogP) is 1.50. The lowest BCUT2D eigenvalue weighted by Crippen LogP contribution is -2.31. The highest BCUT2D eigenvalue weighted by Crippen LogP contribution is 2.39. The molecule has 1 aliphatic heterocycles. The number of hydrogen-bond acceptors (Lipinski definition) is 5. The van der Waals surface area contributed by atoms with E-state index in [9.17, 15) is 0 Å². The van der Waals surface area contributed by atoms with Crippen LogP contribution in [0.2, 0.25) is 0 Å². The van der Waals surface area contributed by atoms with E-state index in [1.807, 2.05) is 13.1 Å². The minimum atomic E-state index is 0.378. The van der Waals surface area contributed by atoms with E-state index in [0.29, 0.717) is 12.1 Å². The molecule has 2 aliphatic rings. The second kappa shape index (κ2) is 4.49. The molecule has 2 fully saturated rings. The van der Waals surface area contributed by atoms with E-state index in [4.69, 9.17) is 4.74 Å². The predicted molar refractivity (Wildman–Crippen MR) is 66.1 cm³/mol. The van der Waals surface area contributed by atoms with Crippen molar-refractivity contribution in [2.45, 2.75) is 31.4 Å². The van der Waals surface area contributed by atoms with Gasteiger partial charge in [0.2, 0.25) is 0 Å². The number of anilines is 2. The van der Waals surface area contributed by atoms with Crippen LogP contribution < -0.4 is 10.6 Å². The molecule has 3 rings (SSSR count). The third-order valence-corrected chi connectivity index (χ3v) is 3.48. The fraction of sp³-hybridized carbons (Fsp3) is 0.667. The summed E-state index contributed by atoms with van der Waals surface area (Å²) in [6, 6.07) is 2.34. The Kier molecular flexibility index (Phi) is 2.84. The smallest absolute Gasteiger partial charge is 0.131 e. The maximum Gasteiger partial charge on any atom is 0.131 e. The van der Waals surface area contributed by atoms with Crippen molar-refractivity contribution in [2.24, 2.45) is 5.92 Å². The first-order valence-electron chi connectivity index (χ1n) is 6.25. The molecular weight excluding hydrogens is 216 g/mol. The van der Waals surface area contributed by atoms with Gasteiger partial charge in [0.05, 0.1) is 12.1 Å². The van der Waals surface area contributed by atoms with E-state index in [1.54, 1.807) is 6.33 Å². The minimum absolute atomic E-state index is 0.378. The number of nitrogens with one attached hydrogen (secondary N) is 2. The van der Waals surface area contributed by atoms with Crippen molar-refractivity contribution in [1.29, 1.82) is 0 Å². The molecule has 0 bridgehead atoms. The van der Waals surface area contributed by atoms with Gasteiger partial charge in [-0.25, -0.2) is 9.97 Å². The van der Waals surface area contributed by atoms with Crippen molar-refractivity contribution in [1.82, 2.24) is 9.97 Å². The van der Waals surface area contributed by atoms with E-state index in [2.05, 4.69) is 20.6 Å². The van der Waals surface area contributed by atoms with Crippen molar-refractivity contribution < 1.29 is 4.74 Å². The zero-order valence-electron chi connectivity index (χ0n) is 10.0. The first kappa shape index (κ1) is 10.8. The Morgan fingerprint density at radius 2 is 2.06 bits per heavy atom. The van der Waals surface area contributed by atoms with Crippen LogP contribution in [0.4, 0.5) is 11.6 Å². The molecule has 0 amide bonds. The van der Waals surface area contributed by atoms with E-state index in [-0.39, 0.29) is 0 Å². The van der Waals surface area contributed by atoms with Crippen LogP contribution in [-0.2, 0) is 4.74 Å². The third kappa shape index (κ3) is 2.34. The molecule has 0 spiro atoms. The highest BCUT2D eigenvalue weighted by atomic mass is 16.5. The average molecular weight is 234 g/mol. The van der Waals surface area contributed by atoms with Gasteiger partial charge in [0.1, 0.15) is 18.0 Å². The van der Waals surface area contributed by atoms with Gasteiger partial charge < -0.3 is 15.4 Å². The molecule has 2 heterocycles. The van der Waals surface area contributed by atoms with Gasteiger partial charge in [-0.3, -0.25) is 0 Å². The van der Waals surface area contributed by atoms with Crippen LogP contribution in [0.25, 0.3) is 0 Å². The first-order valence-corrected chi connectivity index (χ1v) is 6.25. The highest BCUT2D eigenvalue weighted by molar-refractivity contribution is 5.46. The van der Waals surface area contributed by atoms with Crippen LogP contribution >= 0.6 is 0 Å². The van der Waals surface area contributed by atoms with Crippen molar-refractivity contribution in [2.75, 3.05) is 24.3 Å². The van der Waals surface area contributed by atoms with Gasteiger partial charge in [0.15, 0.2) is 0 Å². The molecule has 1 saturated heterocycles. The molecule has 1 aliphatic carbocycles. The van der Waals surface area contributed by atoms with Gasteiger partial charge in [-0.2, -0.15) is 0 Å². The Morgan fingerprint density at radius 3 is 2.82 bits per heavy atom. The van der Waals surface area contributed by atoms with E-state index in [1.165, 1.54) is 12.8 Å². The van der Waals surface area contributed by atoms with Gasteiger partial charge in [-0.05, 0) is 25.2 Å². The monoisotopic (exact) mass is 234 g/mol. The molecule has 2 atom stereocenters. The average Bonchev–Trinajstić information content (AvgIpc) is 3.11. The normalized spacial score (nSPS) is 28.1. The van der Waals surface area contributed by atoms with Crippen LogP contribution in [0.1, 0.15) is 19.3 Å². The Hall–Kier alpha value is -1.36. The third-order valence-electron chi connectivity index (χ3n) is 3.48. The highest BCUT2D eigenvalue weighted by Gasteiger charge is 2.40. The van der Waals surface area contributed by atoms with Crippen LogP contribution in [0.3, 0.4) is 0 Å². The molecule has 0 radical (unpaired) electrons. The lowest BCUT2D eigenvalue weighted by molar-refractivity contribution is 0.0898. The Balaban J connectivity index is 1.68. The Bertz CT molecular complexity index is 394. The van der Waals surface area contributed by atoms with Crippen molar-refractivity contribution in [3.8, 4) is 0 Å². The number of aromatic nitrogens is 2. The molecule has 5 heteroatoms. The van der Waals surface area contributed by atoms with Crippen molar-refractivity contribution in [3.05, 3.63) is 12.4 Å². The first-order chi connectivity index (χ1) is 8.36. The van der Waals surface area contributed by atoms with E-state index >= 15 is 0 Å². The minimum Gasteiger partial charge on any atom is -0.376 e. The molecule has 0 aromatic carbocycles. The summed E-state index contributed by atoms with van der Waals surface area (Å²) in [5.41, 5.74) is 0. The zero-order valence-corrected chi connectivity index (χ0v) is 10.0. The van der Waals surface area contributed by atoms with Crippen LogP contribution in [-0.4, -0.2) is 35.8 Å². The lowest BCUT2D eigenvalue weighted by Gasteiger charge is -2.20. The standard InChI is InChI=1S/C12H18N4O/c1-13-10-6-11(15-7-14-10)16-9-4-5-17-12(9)8-2-3-8/h6-9,12H,2-5H2,1H3,(H2,13,14,15,16). The van der Waals surface area contributed by atoms with Crippen LogP contribution in [0.5, 0.6) is 0 Å². The van der Waals surface area contributed by atoms with Gasteiger partial charge >= 0.3 is 0 Å². The second-order valence-corrected chi connectivity index (χ2v) is 4.75. The summed E-state index contributed by atoms with van der Waals surface area (Å²) in [5.74, 6) is 2.48. The van der Waals surface area contributed by atoms with Gasteiger partial charge in [0.25, 0.3) is 0 Å². The molecule has 1 aromatic rings. The Labute approximate surface area is 101 Å². The van der Waals surface area contributed by atoms with E-state index in [0.717, 1.165) is 30.6 Å². The van der Waals surface area contributed by atoms with Gasteiger partial charge in [-0.1, -0.05) is 0 Å². The molecule has 1 aromatic heterocycles. The fourth-order valence-electron chi connectivity index (χ4n) is 2.42. The summed E-state index contributed by atoms with van der Waals surface area (Å²) in [6.45, 7) is 0.864. The quantitative estimate of drug-likeness (QED) is 0.826. The summed E-state index contributed by atoms with van der Waals surface area (Å²) in [6.07, 6.45) is 5.65. The van der Waals surface area contributed by atoms with E-state index < -0.39 is 0 Å². The topological polar surface area (TPSA) is 59.1 Å². The zero-order chi connectivity index (χ0) is 11.7. The van der Waals surface area contributed by atoms with Crippen molar-refractivity contribution in [3.63, 3.8) is 0 Å². The largest absolute Gasteiger partial charge is 0.376 e. The summed E-state index contributed by atoms with van der Waals surface area (Å²) in [5, 5.41) is 6.49. The lowest BCUT2D eigenvalue weighted by atomic mass is 10.1. The number of ether oxygens (including phenoxy) is 1. The molecule has 5 nitrogen and oxygen atoms in total. The summed E-state index contributed by atoms with van der Waals surface area (Å²) < 4.78 is 5.80. The van der Waals surface area contributed by atoms with Crippen LogP contribution in [0.15, 0.2) is 12.4 Å². The van der Waals surface area contributed by atoms with Gasteiger partial charge in [0, 0.05) is 19.7 Å². The summed E-state index contributed by atoms with van der Waals surface area (Å²) >= 11 is 0. The summed E-state index contributed by atoms with van der Waals surface area (Å²) in [7, 11) is 1.86. The maximum absolute atomic E-state index is 5.80. The second-order valence-electron chi connectivity index (χ2n) is 4.75. The number of rotatable bonds is 4. The number of nitrogens with zero attached hydrogens (tertiary/aromatic N) is 2. The van der Waals surface area contributed by atoms with Crippen LogP contribution in [0, 0.1) is 5.92 Å². The SMILES string of the molecule is CNc1cc(NC2CCOC2C2CC2)ncn1. The molecular formula is C12H18N4O. The molecule has 1 saturated carbocycles. The molecule has 17 heavy (non-hydrogen) atoms.